The lowest BCUT2D eigenvalue weighted by Crippen LogP contribution is -2.24. The molecule has 0 aliphatic heterocycles. The SMILES string of the molecule is Cc1c(O[C@@H](C)C(=O)c2ccccc2)ccc2c3c(c(=O)oc12)CCCC3. The molecule has 27 heavy (non-hydrogen) atoms. The first-order chi connectivity index (χ1) is 13.1. The van der Waals surface area contributed by atoms with Crippen molar-refractivity contribution in [2.75, 3.05) is 0 Å². The quantitative estimate of drug-likeness (QED) is 0.501. The fourth-order valence-electron chi connectivity index (χ4n) is 3.83. The molecular formula is C23H22O4. The van der Waals surface area contributed by atoms with Gasteiger partial charge in [0.15, 0.2) is 6.10 Å². The maximum atomic E-state index is 12.6. The van der Waals surface area contributed by atoms with Crippen LogP contribution in [0.15, 0.2) is 51.7 Å². The molecular weight excluding hydrogens is 340 g/mol. The highest BCUT2D eigenvalue weighted by Gasteiger charge is 2.22. The summed E-state index contributed by atoms with van der Waals surface area (Å²) in [4.78, 5) is 25.0. The smallest absolute Gasteiger partial charge is 0.339 e. The van der Waals surface area contributed by atoms with Gasteiger partial charge >= 0.3 is 5.63 Å². The third-order valence-electron chi connectivity index (χ3n) is 5.32. The summed E-state index contributed by atoms with van der Waals surface area (Å²) >= 11 is 0. The average molecular weight is 362 g/mol. The fourth-order valence-corrected chi connectivity index (χ4v) is 3.83. The summed E-state index contributed by atoms with van der Waals surface area (Å²) in [5.74, 6) is 0.486. The van der Waals surface area contributed by atoms with Crippen molar-refractivity contribution in [3.8, 4) is 5.75 Å². The van der Waals surface area contributed by atoms with Gasteiger partial charge in [0.05, 0.1) is 0 Å². The summed E-state index contributed by atoms with van der Waals surface area (Å²) in [7, 11) is 0. The third kappa shape index (κ3) is 3.16. The van der Waals surface area contributed by atoms with E-state index in [-0.39, 0.29) is 11.4 Å². The van der Waals surface area contributed by atoms with Gasteiger partial charge in [0.1, 0.15) is 11.3 Å². The minimum Gasteiger partial charge on any atom is -0.482 e. The molecule has 3 aromatic rings. The van der Waals surface area contributed by atoms with Gasteiger partial charge in [0.2, 0.25) is 5.78 Å². The van der Waals surface area contributed by atoms with E-state index in [2.05, 4.69) is 0 Å². The number of hydrogen-bond donors (Lipinski definition) is 0. The van der Waals surface area contributed by atoms with Gasteiger partial charge in [-0.05, 0) is 57.2 Å². The summed E-state index contributed by atoms with van der Waals surface area (Å²) in [6, 6.07) is 12.9. The lowest BCUT2D eigenvalue weighted by Gasteiger charge is -2.19. The summed E-state index contributed by atoms with van der Waals surface area (Å²) < 4.78 is 11.6. The highest BCUT2D eigenvalue weighted by Crippen LogP contribution is 2.33. The normalized spacial score (nSPS) is 14.6. The van der Waals surface area contributed by atoms with Crippen molar-refractivity contribution in [2.24, 2.45) is 0 Å². The number of aryl methyl sites for hydroxylation is 2. The van der Waals surface area contributed by atoms with E-state index in [4.69, 9.17) is 9.15 Å². The number of benzene rings is 2. The van der Waals surface area contributed by atoms with Gasteiger partial charge in [-0.3, -0.25) is 4.79 Å². The van der Waals surface area contributed by atoms with Crippen LogP contribution in [0.5, 0.6) is 5.75 Å². The second kappa shape index (κ2) is 7.03. The topological polar surface area (TPSA) is 56.5 Å². The largest absolute Gasteiger partial charge is 0.482 e. The van der Waals surface area contributed by atoms with Crippen LogP contribution >= 0.6 is 0 Å². The van der Waals surface area contributed by atoms with Gasteiger partial charge in [-0.15, -0.1) is 0 Å². The number of hydrogen-bond acceptors (Lipinski definition) is 4. The highest BCUT2D eigenvalue weighted by molar-refractivity contribution is 5.99. The minimum atomic E-state index is -0.632. The second-order valence-electron chi connectivity index (χ2n) is 7.11. The second-order valence-corrected chi connectivity index (χ2v) is 7.11. The van der Waals surface area contributed by atoms with Crippen molar-refractivity contribution < 1.29 is 13.9 Å². The van der Waals surface area contributed by atoms with Crippen LogP contribution in [-0.2, 0) is 12.8 Å². The number of rotatable bonds is 4. The van der Waals surface area contributed by atoms with E-state index in [1.54, 1.807) is 19.1 Å². The van der Waals surface area contributed by atoms with Gasteiger partial charge < -0.3 is 9.15 Å². The highest BCUT2D eigenvalue weighted by atomic mass is 16.5. The van der Waals surface area contributed by atoms with E-state index in [0.717, 1.165) is 47.8 Å². The van der Waals surface area contributed by atoms with Crippen molar-refractivity contribution in [2.45, 2.75) is 45.6 Å². The zero-order chi connectivity index (χ0) is 19.0. The lowest BCUT2D eigenvalue weighted by atomic mass is 9.90. The van der Waals surface area contributed by atoms with Crippen molar-refractivity contribution in [3.63, 3.8) is 0 Å². The molecule has 0 fully saturated rings. The van der Waals surface area contributed by atoms with E-state index in [9.17, 15) is 9.59 Å². The molecule has 1 heterocycles. The molecule has 138 valence electrons. The lowest BCUT2D eigenvalue weighted by molar-refractivity contribution is 0.0817. The molecule has 0 radical (unpaired) electrons. The van der Waals surface area contributed by atoms with Gasteiger partial charge in [0.25, 0.3) is 0 Å². The first kappa shape index (κ1) is 17.5. The van der Waals surface area contributed by atoms with Crippen LogP contribution in [0.2, 0.25) is 0 Å². The zero-order valence-electron chi connectivity index (χ0n) is 15.6. The molecule has 0 saturated heterocycles. The van der Waals surface area contributed by atoms with E-state index in [1.807, 2.05) is 37.3 Å². The number of carbonyl (C=O) groups is 1. The Morgan fingerprint density at radius 3 is 2.48 bits per heavy atom. The van der Waals surface area contributed by atoms with Gasteiger partial charge in [0, 0.05) is 22.1 Å². The van der Waals surface area contributed by atoms with Crippen molar-refractivity contribution in [1.82, 2.24) is 0 Å². The maximum Gasteiger partial charge on any atom is 0.339 e. The van der Waals surface area contributed by atoms with Crippen LogP contribution in [-0.4, -0.2) is 11.9 Å². The van der Waals surface area contributed by atoms with Crippen LogP contribution in [0.1, 0.15) is 46.8 Å². The molecule has 1 aromatic heterocycles. The Balaban J connectivity index is 1.70. The van der Waals surface area contributed by atoms with E-state index in [1.165, 1.54) is 0 Å². The number of fused-ring (bicyclic) bond motifs is 3. The number of ketones is 1. The number of ether oxygens (including phenoxy) is 1. The Hall–Kier alpha value is -2.88. The minimum absolute atomic E-state index is 0.0815. The maximum absolute atomic E-state index is 12.6. The Morgan fingerprint density at radius 2 is 1.74 bits per heavy atom. The fraction of sp³-hybridized carbons (Fsp3) is 0.304. The van der Waals surface area contributed by atoms with Gasteiger partial charge in [-0.1, -0.05) is 30.3 Å². The van der Waals surface area contributed by atoms with E-state index < -0.39 is 6.10 Å². The molecule has 1 atom stereocenters. The van der Waals surface area contributed by atoms with Crippen molar-refractivity contribution in [1.29, 1.82) is 0 Å². The average Bonchev–Trinajstić information content (AvgIpc) is 2.71. The van der Waals surface area contributed by atoms with Crippen LogP contribution in [0.4, 0.5) is 0 Å². The summed E-state index contributed by atoms with van der Waals surface area (Å²) in [5.41, 5.74) is 3.61. The monoisotopic (exact) mass is 362 g/mol. The Bertz CT molecular complexity index is 1060. The molecule has 1 aliphatic carbocycles. The Labute approximate surface area is 157 Å². The number of carbonyl (C=O) groups excluding carboxylic acids is 1. The number of Topliss-reactive ketones (excluding diaryl/α,β-unsaturated/α-hetero) is 1. The Kier molecular flexibility index (Phi) is 4.56. The molecule has 0 unspecified atom stereocenters. The predicted octanol–water partition coefficient (Wildman–Crippen LogP) is 4.63. The molecule has 0 N–H and O–H groups in total. The van der Waals surface area contributed by atoms with Gasteiger partial charge in [-0.25, -0.2) is 4.79 Å². The predicted molar refractivity (Wildman–Crippen MR) is 105 cm³/mol. The standard InChI is InChI=1S/C23H22O4/c1-14-20(26-15(2)21(24)16-8-4-3-5-9-16)13-12-18-17-10-6-7-11-19(17)23(25)27-22(14)18/h3-5,8-9,12-13,15H,6-7,10-11H2,1-2H3/t15-/m0/s1. The molecule has 4 nitrogen and oxygen atoms in total. The molecule has 4 rings (SSSR count). The van der Waals surface area contributed by atoms with Crippen LogP contribution < -0.4 is 10.4 Å². The van der Waals surface area contributed by atoms with Crippen LogP contribution in [0.3, 0.4) is 0 Å². The molecule has 4 heteroatoms. The zero-order valence-corrected chi connectivity index (χ0v) is 15.6. The summed E-state index contributed by atoms with van der Waals surface area (Å²) in [5, 5.41) is 0.983. The first-order valence-corrected chi connectivity index (χ1v) is 9.40. The van der Waals surface area contributed by atoms with Gasteiger partial charge in [-0.2, -0.15) is 0 Å². The van der Waals surface area contributed by atoms with Crippen LogP contribution in [0.25, 0.3) is 11.0 Å². The molecule has 2 aromatic carbocycles. The summed E-state index contributed by atoms with van der Waals surface area (Å²) in [6.45, 7) is 3.61. The molecule has 0 spiro atoms. The van der Waals surface area contributed by atoms with E-state index in [0.29, 0.717) is 16.9 Å². The molecule has 1 aliphatic rings. The van der Waals surface area contributed by atoms with Crippen molar-refractivity contribution in [3.05, 3.63) is 75.1 Å². The molecule has 0 saturated carbocycles. The summed E-state index contributed by atoms with van der Waals surface area (Å²) in [6.07, 6.45) is 3.18. The molecule has 0 bridgehead atoms. The van der Waals surface area contributed by atoms with E-state index >= 15 is 0 Å². The first-order valence-electron chi connectivity index (χ1n) is 9.40. The van der Waals surface area contributed by atoms with Crippen molar-refractivity contribution >= 4 is 16.8 Å². The molecule has 0 amide bonds. The Morgan fingerprint density at radius 1 is 1.04 bits per heavy atom. The third-order valence-corrected chi connectivity index (χ3v) is 5.32. The van der Waals surface area contributed by atoms with Crippen LogP contribution in [0, 0.1) is 6.92 Å².